The molecule has 4 aromatic rings. The van der Waals surface area contributed by atoms with Crippen LogP contribution in [0.5, 0.6) is 0 Å². The Morgan fingerprint density at radius 1 is 1.07 bits per heavy atom. The number of nitrogens with zero attached hydrogens (tertiary/aromatic N) is 4. The standard InChI is InChI=1S/C21H22N6O2/c1-13-9-10-22-19-18(13)23-12-27(19)15-7-5-14(6-8-15)24-20(28)25-17-11-16(29-26-17)21(2,3)4/h5-12H,1-4H3,(H2,24,25,26,28). The summed E-state index contributed by atoms with van der Waals surface area (Å²) in [6, 6.07) is 10.7. The van der Waals surface area contributed by atoms with Gasteiger partial charge in [0.1, 0.15) is 17.6 Å². The van der Waals surface area contributed by atoms with E-state index < -0.39 is 6.03 Å². The second-order valence-electron chi connectivity index (χ2n) is 7.87. The number of aromatic nitrogens is 4. The van der Waals surface area contributed by atoms with Crippen molar-refractivity contribution in [2.75, 3.05) is 10.6 Å². The molecule has 29 heavy (non-hydrogen) atoms. The number of rotatable bonds is 3. The van der Waals surface area contributed by atoms with Gasteiger partial charge in [-0.1, -0.05) is 25.9 Å². The Kier molecular flexibility index (Phi) is 4.54. The van der Waals surface area contributed by atoms with Crippen LogP contribution in [-0.4, -0.2) is 25.7 Å². The van der Waals surface area contributed by atoms with Crippen LogP contribution in [0.2, 0.25) is 0 Å². The van der Waals surface area contributed by atoms with Crippen LogP contribution < -0.4 is 10.6 Å². The predicted molar refractivity (Wildman–Crippen MR) is 111 cm³/mol. The van der Waals surface area contributed by atoms with Crippen LogP contribution in [0, 0.1) is 6.92 Å². The summed E-state index contributed by atoms with van der Waals surface area (Å²) in [5.74, 6) is 1.07. The summed E-state index contributed by atoms with van der Waals surface area (Å²) in [7, 11) is 0. The van der Waals surface area contributed by atoms with Crippen molar-refractivity contribution in [3.8, 4) is 5.69 Å². The van der Waals surface area contributed by atoms with Gasteiger partial charge in [-0.15, -0.1) is 0 Å². The van der Waals surface area contributed by atoms with Crippen molar-refractivity contribution in [1.29, 1.82) is 0 Å². The summed E-state index contributed by atoms with van der Waals surface area (Å²) < 4.78 is 7.19. The van der Waals surface area contributed by atoms with E-state index >= 15 is 0 Å². The molecule has 0 aliphatic rings. The highest BCUT2D eigenvalue weighted by atomic mass is 16.5. The number of aryl methyl sites for hydroxylation is 1. The molecule has 2 amide bonds. The molecule has 2 N–H and O–H groups in total. The number of nitrogens with one attached hydrogen (secondary N) is 2. The number of fused-ring (bicyclic) bond motifs is 1. The average Bonchev–Trinajstić information content (AvgIpc) is 3.30. The van der Waals surface area contributed by atoms with E-state index in [2.05, 4.69) is 25.8 Å². The van der Waals surface area contributed by atoms with E-state index in [4.69, 9.17) is 4.52 Å². The van der Waals surface area contributed by atoms with Gasteiger partial charge in [0, 0.05) is 29.1 Å². The molecule has 0 aliphatic carbocycles. The lowest BCUT2D eigenvalue weighted by Gasteiger charge is -2.12. The van der Waals surface area contributed by atoms with Crippen molar-refractivity contribution >= 4 is 28.7 Å². The molecular formula is C21H22N6O2. The van der Waals surface area contributed by atoms with E-state index in [1.54, 1.807) is 18.6 Å². The van der Waals surface area contributed by atoms with Gasteiger partial charge in [0.15, 0.2) is 11.5 Å². The van der Waals surface area contributed by atoms with Crippen molar-refractivity contribution in [2.24, 2.45) is 0 Å². The molecule has 0 unspecified atom stereocenters. The maximum absolute atomic E-state index is 12.2. The zero-order chi connectivity index (χ0) is 20.6. The highest BCUT2D eigenvalue weighted by molar-refractivity contribution is 5.99. The quantitative estimate of drug-likeness (QED) is 0.530. The normalized spacial score (nSPS) is 11.6. The number of anilines is 2. The van der Waals surface area contributed by atoms with Gasteiger partial charge in [0.05, 0.1) is 0 Å². The topological polar surface area (TPSA) is 97.9 Å². The van der Waals surface area contributed by atoms with E-state index in [0.29, 0.717) is 17.3 Å². The number of urea groups is 1. The predicted octanol–water partition coefficient (Wildman–Crippen LogP) is 4.66. The zero-order valence-electron chi connectivity index (χ0n) is 16.7. The molecule has 0 aliphatic heterocycles. The van der Waals surface area contributed by atoms with Crippen LogP contribution in [0.25, 0.3) is 16.9 Å². The Balaban J connectivity index is 1.46. The number of carbonyl (C=O) groups is 1. The van der Waals surface area contributed by atoms with Crippen molar-refractivity contribution in [3.63, 3.8) is 0 Å². The van der Waals surface area contributed by atoms with Crippen LogP contribution in [0.3, 0.4) is 0 Å². The fraction of sp³-hybridized carbons (Fsp3) is 0.238. The van der Waals surface area contributed by atoms with Crippen LogP contribution in [-0.2, 0) is 5.41 Å². The van der Waals surface area contributed by atoms with Gasteiger partial charge in [0.2, 0.25) is 0 Å². The monoisotopic (exact) mass is 390 g/mol. The number of hydrogen-bond donors (Lipinski definition) is 2. The van der Waals surface area contributed by atoms with Gasteiger partial charge in [-0.25, -0.2) is 14.8 Å². The Labute approximate surface area is 168 Å². The zero-order valence-corrected chi connectivity index (χ0v) is 16.7. The van der Waals surface area contributed by atoms with Crippen LogP contribution >= 0.6 is 0 Å². The Bertz CT molecular complexity index is 1170. The van der Waals surface area contributed by atoms with Crippen molar-refractivity contribution in [1.82, 2.24) is 19.7 Å². The number of pyridine rings is 1. The third kappa shape index (κ3) is 3.82. The Hall–Kier alpha value is -3.68. The highest BCUT2D eigenvalue weighted by Crippen LogP contribution is 2.24. The molecular weight excluding hydrogens is 368 g/mol. The molecule has 4 rings (SSSR count). The molecule has 0 saturated heterocycles. The molecule has 1 aromatic carbocycles. The first-order valence-electron chi connectivity index (χ1n) is 9.25. The molecule has 0 radical (unpaired) electrons. The third-order valence-electron chi connectivity index (χ3n) is 4.53. The Morgan fingerprint density at radius 3 is 2.52 bits per heavy atom. The van der Waals surface area contributed by atoms with E-state index in [9.17, 15) is 4.79 Å². The van der Waals surface area contributed by atoms with Gasteiger partial charge in [-0.3, -0.25) is 9.88 Å². The average molecular weight is 390 g/mol. The van der Waals surface area contributed by atoms with Crippen LogP contribution in [0.4, 0.5) is 16.3 Å². The van der Waals surface area contributed by atoms with Gasteiger partial charge in [0.25, 0.3) is 0 Å². The SMILES string of the molecule is Cc1ccnc2c1ncn2-c1ccc(NC(=O)Nc2cc(C(C)(C)C)on2)cc1. The van der Waals surface area contributed by atoms with Gasteiger partial charge >= 0.3 is 6.03 Å². The third-order valence-corrected chi connectivity index (χ3v) is 4.53. The first kappa shape index (κ1) is 18.7. The van der Waals surface area contributed by atoms with E-state index in [-0.39, 0.29) is 5.41 Å². The highest BCUT2D eigenvalue weighted by Gasteiger charge is 2.20. The van der Waals surface area contributed by atoms with Gasteiger partial charge in [-0.05, 0) is 42.8 Å². The van der Waals surface area contributed by atoms with Crippen molar-refractivity contribution in [3.05, 3.63) is 60.2 Å². The van der Waals surface area contributed by atoms with E-state index in [1.807, 2.05) is 62.6 Å². The lowest BCUT2D eigenvalue weighted by Crippen LogP contribution is -2.19. The molecule has 0 saturated carbocycles. The summed E-state index contributed by atoms with van der Waals surface area (Å²) >= 11 is 0. The maximum atomic E-state index is 12.2. The molecule has 3 aromatic heterocycles. The minimum atomic E-state index is -0.392. The minimum Gasteiger partial charge on any atom is -0.359 e. The first-order valence-corrected chi connectivity index (χ1v) is 9.25. The van der Waals surface area contributed by atoms with Crippen LogP contribution in [0.15, 0.2) is 53.4 Å². The molecule has 8 nitrogen and oxygen atoms in total. The summed E-state index contributed by atoms with van der Waals surface area (Å²) in [5, 5.41) is 9.34. The van der Waals surface area contributed by atoms with Gasteiger partial charge < -0.3 is 9.84 Å². The molecule has 3 heterocycles. The lowest BCUT2D eigenvalue weighted by atomic mass is 9.93. The number of benzene rings is 1. The number of carbonyl (C=O) groups excluding carboxylic acids is 1. The van der Waals surface area contributed by atoms with Crippen LogP contribution in [0.1, 0.15) is 32.1 Å². The summed E-state index contributed by atoms with van der Waals surface area (Å²) in [6.45, 7) is 8.05. The molecule has 0 bridgehead atoms. The summed E-state index contributed by atoms with van der Waals surface area (Å²) in [4.78, 5) is 21.1. The first-order chi connectivity index (χ1) is 13.8. The van der Waals surface area contributed by atoms with E-state index in [0.717, 1.165) is 22.4 Å². The second kappa shape index (κ2) is 7.05. The fourth-order valence-corrected chi connectivity index (χ4v) is 2.90. The second-order valence-corrected chi connectivity index (χ2v) is 7.87. The molecule has 148 valence electrons. The largest absolute Gasteiger partial charge is 0.359 e. The smallest absolute Gasteiger partial charge is 0.324 e. The lowest BCUT2D eigenvalue weighted by molar-refractivity contribution is 0.262. The molecule has 0 fully saturated rings. The maximum Gasteiger partial charge on any atom is 0.324 e. The summed E-state index contributed by atoms with van der Waals surface area (Å²) in [5.41, 5.74) is 4.12. The number of amides is 2. The molecule has 0 atom stereocenters. The Morgan fingerprint density at radius 2 is 1.83 bits per heavy atom. The van der Waals surface area contributed by atoms with Crippen molar-refractivity contribution < 1.29 is 9.32 Å². The molecule has 0 spiro atoms. The summed E-state index contributed by atoms with van der Waals surface area (Å²) in [6.07, 6.45) is 3.52. The van der Waals surface area contributed by atoms with E-state index in [1.165, 1.54) is 0 Å². The molecule has 8 heteroatoms. The fourth-order valence-electron chi connectivity index (χ4n) is 2.90. The number of hydrogen-bond acceptors (Lipinski definition) is 5. The van der Waals surface area contributed by atoms with Crippen molar-refractivity contribution in [2.45, 2.75) is 33.1 Å². The minimum absolute atomic E-state index is 0.176. The number of imidazole rings is 1. The van der Waals surface area contributed by atoms with Gasteiger partial charge in [-0.2, -0.15) is 0 Å².